The van der Waals surface area contributed by atoms with Crippen LogP contribution in [0.25, 0.3) is 11.1 Å². The Morgan fingerprint density at radius 1 is 1.00 bits per heavy atom. The van der Waals surface area contributed by atoms with Gasteiger partial charge in [-0.2, -0.15) is 0 Å². The van der Waals surface area contributed by atoms with Crippen LogP contribution in [0.2, 0.25) is 0 Å². The number of alkyl carbamates (subject to hydrolysis) is 1. The van der Waals surface area contributed by atoms with Crippen molar-refractivity contribution in [3.63, 3.8) is 0 Å². The maximum atomic E-state index is 12.4. The second kappa shape index (κ2) is 9.49. The van der Waals surface area contributed by atoms with E-state index in [2.05, 4.69) is 34.9 Å². The molecule has 0 spiro atoms. The molecule has 7 heteroatoms. The van der Waals surface area contributed by atoms with Crippen LogP contribution in [0.4, 0.5) is 4.79 Å². The topological polar surface area (TPSA) is 105 Å². The van der Waals surface area contributed by atoms with Gasteiger partial charge in [-0.25, -0.2) is 9.59 Å². The third-order valence-corrected chi connectivity index (χ3v) is 6.79. The number of carbonyl (C=O) groups is 3. The van der Waals surface area contributed by atoms with Gasteiger partial charge in [0, 0.05) is 18.4 Å². The molecule has 0 heterocycles. The summed E-state index contributed by atoms with van der Waals surface area (Å²) in [6.07, 6.45) is 1.15. The number of carboxylic acid groups (broad SMARTS) is 1. The van der Waals surface area contributed by atoms with E-state index in [0.717, 1.165) is 0 Å². The second-order valence-electron chi connectivity index (χ2n) is 10.4. The molecule has 1 fully saturated rings. The van der Waals surface area contributed by atoms with Gasteiger partial charge in [0.15, 0.2) is 0 Å². The van der Waals surface area contributed by atoms with Gasteiger partial charge in [0.1, 0.15) is 12.6 Å². The van der Waals surface area contributed by atoms with Crippen molar-refractivity contribution < 1.29 is 24.2 Å². The van der Waals surface area contributed by atoms with E-state index >= 15 is 0 Å². The maximum Gasteiger partial charge on any atom is 0.407 e. The molecule has 4 rings (SSSR count). The predicted molar refractivity (Wildman–Crippen MR) is 128 cm³/mol. The fraction of sp³-hybridized carbons (Fsp3) is 0.444. The van der Waals surface area contributed by atoms with Crippen LogP contribution >= 0.6 is 0 Å². The monoisotopic (exact) mass is 464 g/mol. The van der Waals surface area contributed by atoms with E-state index in [-0.39, 0.29) is 36.8 Å². The molecule has 0 saturated heterocycles. The van der Waals surface area contributed by atoms with Crippen molar-refractivity contribution in [3.8, 4) is 11.1 Å². The summed E-state index contributed by atoms with van der Waals surface area (Å²) in [5.74, 6) is -1.18. The number of amides is 2. The normalized spacial score (nSPS) is 19.9. The van der Waals surface area contributed by atoms with E-state index in [4.69, 9.17) is 4.74 Å². The summed E-state index contributed by atoms with van der Waals surface area (Å²) in [7, 11) is 0. The Morgan fingerprint density at radius 3 is 2.09 bits per heavy atom. The number of ether oxygens (including phenoxy) is 1. The van der Waals surface area contributed by atoms with Crippen molar-refractivity contribution in [1.29, 1.82) is 0 Å². The van der Waals surface area contributed by atoms with E-state index in [1.165, 1.54) is 22.3 Å². The lowest BCUT2D eigenvalue weighted by atomic mass is 9.78. The van der Waals surface area contributed by atoms with Gasteiger partial charge in [0.05, 0.1) is 0 Å². The van der Waals surface area contributed by atoms with E-state index in [9.17, 15) is 19.5 Å². The lowest BCUT2D eigenvalue weighted by Gasteiger charge is -2.36. The third kappa shape index (κ3) is 5.08. The summed E-state index contributed by atoms with van der Waals surface area (Å²) in [4.78, 5) is 36.2. The van der Waals surface area contributed by atoms with Crippen LogP contribution in [0.5, 0.6) is 0 Å². The van der Waals surface area contributed by atoms with Gasteiger partial charge < -0.3 is 20.5 Å². The zero-order valence-corrected chi connectivity index (χ0v) is 19.8. The molecular formula is C27H32N2O5. The summed E-state index contributed by atoms with van der Waals surface area (Å²) in [5.41, 5.74) is 4.13. The molecule has 2 aromatic rings. The Kier molecular flexibility index (Phi) is 6.64. The van der Waals surface area contributed by atoms with Crippen LogP contribution in [0, 0.1) is 11.3 Å². The van der Waals surface area contributed by atoms with Gasteiger partial charge in [-0.15, -0.1) is 0 Å². The first-order valence-electron chi connectivity index (χ1n) is 11.8. The molecule has 2 aliphatic rings. The summed E-state index contributed by atoms with van der Waals surface area (Å²) < 4.78 is 5.58. The van der Waals surface area contributed by atoms with Crippen LogP contribution in [0.1, 0.15) is 57.1 Å². The molecule has 0 aliphatic heterocycles. The molecule has 3 N–H and O–H groups in total. The quantitative estimate of drug-likeness (QED) is 0.566. The summed E-state index contributed by atoms with van der Waals surface area (Å²) in [5, 5.41) is 14.9. The molecule has 34 heavy (non-hydrogen) atoms. The maximum absolute atomic E-state index is 12.4. The molecule has 180 valence electrons. The summed E-state index contributed by atoms with van der Waals surface area (Å²) >= 11 is 0. The molecule has 2 aromatic carbocycles. The minimum absolute atomic E-state index is 0.0148. The molecule has 2 amide bonds. The van der Waals surface area contributed by atoms with E-state index in [1.807, 2.05) is 24.3 Å². The van der Waals surface area contributed by atoms with Crippen molar-refractivity contribution in [2.45, 2.75) is 58.0 Å². The third-order valence-electron chi connectivity index (χ3n) is 6.79. The molecule has 0 bridgehead atoms. The van der Waals surface area contributed by atoms with Crippen LogP contribution in [-0.2, 0) is 14.3 Å². The van der Waals surface area contributed by atoms with Crippen molar-refractivity contribution in [2.24, 2.45) is 11.3 Å². The molecule has 1 saturated carbocycles. The molecule has 7 nitrogen and oxygen atoms in total. The van der Waals surface area contributed by atoms with Crippen molar-refractivity contribution >= 4 is 18.0 Å². The van der Waals surface area contributed by atoms with E-state index in [0.29, 0.717) is 12.8 Å². The van der Waals surface area contributed by atoms with Crippen LogP contribution in [0.3, 0.4) is 0 Å². The minimum Gasteiger partial charge on any atom is -0.480 e. The molecule has 1 atom stereocenters. The van der Waals surface area contributed by atoms with E-state index < -0.39 is 23.5 Å². The highest BCUT2D eigenvalue weighted by Crippen LogP contribution is 2.44. The van der Waals surface area contributed by atoms with Crippen LogP contribution in [-0.4, -0.2) is 41.8 Å². The van der Waals surface area contributed by atoms with Crippen LogP contribution in [0.15, 0.2) is 48.5 Å². The molecule has 0 unspecified atom stereocenters. The lowest BCUT2D eigenvalue weighted by molar-refractivity contribution is -0.145. The largest absolute Gasteiger partial charge is 0.480 e. The fourth-order valence-electron chi connectivity index (χ4n) is 4.96. The number of rotatable bonds is 7. The first-order chi connectivity index (χ1) is 16.1. The lowest BCUT2D eigenvalue weighted by Crippen LogP contribution is -2.51. The van der Waals surface area contributed by atoms with E-state index in [1.54, 1.807) is 20.8 Å². The molecule has 0 aromatic heterocycles. The fourth-order valence-corrected chi connectivity index (χ4v) is 4.96. The van der Waals surface area contributed by atoms with Gasteiger partial charge in [0.25, 0.3) is 0 Å². The van der Waals surface area contributed by atoms with Gasteiger partial charge in [-0.1, -0.05) is 69.3 Å². The standard InChI is InChI=1S/C27H32N2O5/c1-27(2,3)24(25(31)32)29-23(30)14-16-12-17(13-16)28-26(33)34-15-22-20-10-6-4-8-18(20)19-9-5-7-11-21(19)22/h4-11,16-17,22,24H,12-15H2,1-3H3,(H,28,33)(H,29,30)(H,31,32)/t16?,17?,24-/m0/s1. The summed E-state index contributed by atoms with van der Waals surface area (Å²) in [6.45, 7) is 5.61. The van der Waals surface area contributed by atoms with Gasteiger partial charge in [-0.05, 0) is 46.4 Å². The average molecular weight is 465 g/mol. The smallest absolute Gasteiger partial charge is 0.407 e. The number of nitrogens with one attached hydrogen (secondary N) is 2. The number of carboxylic acids is 1. The average Bonchev–Trinajstić information content (AvgIpc) is 3.07. The molecule has 2 aliphatic carbocycles. The van der Waals surface area contributed by atoms with Crippen molar-refractivity contribution in [1.82, 2.24) is 10.6 Å². The van der Waals surface area contributed by atoms with Gasteiger partial charge in [0.2, 0.25) is 5.91 Å². The SMILES string of the molecule is CC(C)(C)[C@@H](NC(=O)CC1CC(NC(=O)OCC2c3ccccc3-c3ccccc32)C1)C(=O)O. The molecule has 0 radical (unpaired) electrons. The first kappa shape index (κ1) is 23.8. The Hall–Kier alpha value is -3.35. The van der Waals surface area contributed by atoms with Gasteiger partial charge in [-0.3, -0.25) is 4.79 Å². The highest BCUT2D eigenvalue weighted by molar-refractivity contribution is 5.84. The summed E-state index contributed by atoms with van der Waals surface area (Å²) in [6, 6.07) is 15.4. The highest BCUT2D eigenvalue weighted by Gasteiger charge is 2.36. The number of aliphatic carboxylic acids is 1. The highest BCUT2D eigenvalue weighted by atomic mass is 16.5. The second-order valence-corrected chi connectivity index (χ2v) is 10.4. The Labute approximate surface area is 199 Å². The number of carbonyl (C=O) groups excluding carboxylic acids is 2. The zero-order chi connectivity index (χ0) is 24.5. The zero-order valence-electron chi connectivity index (χ0n) is 19.8. The predicted octanol–water partition coefficient (Wildman–Crippen LogP) is 4.31. The van der Waals surface area contributed by atoms with Crippen molar-refractivity contribution in [2.75, 3.05) is 6.61 Å². The Morgan fingerprint density at radius 2 is 1.56 bits per heavy atom. The van der Waals surface area contributed by atoms with Crippen LogP contribution < -0.4 is 10.6 Å². The number of hydrogen-bond donors (Lipinski definition) is 3. The Bertz CT molecular complexity index is 1040. The molecular weight excluding hydrogens is 432 g/mol. The number of hydrogen-bond acceptors (Lipinski definition) is 4. The van der Waals surface area contributed by atoms with Crippen molar-refractivity contribution in [3.05, 3.63) is 59.7 Å². The number of benzene rings is 2. The van der Waals surface area contributed by atoms with Gasteiger partial charge >= 0.3 is 12.1 Å². The number of fused-ring (bicyclic) bond motifs is 3. The Balaban J connectivity index is 1.23. The minimum atomic E-state index is -1.04. The first-order valence-corrected chi connectivity index (χ1v) is 11.8.